The second-order valence-corrected chi connectivity index (χ2v) is 4.40. The Hall–Kier alpha value is -0.970. The van der Waals surface area contributed by atoms with E-state index >= 15 is 0 Å². The molecule has 0 saturated carbocycles. The van der Waals surface area contributed by atoms with Crippen LogP contribution in [0.2, 0.25) is 0 Å². The molecule has 0 aliphatic carbocycles. The molecule has 0 radical (unpaired) electrons. The van der Waals surface area contributed by atoms with Gasteiger partial charge in [0.1, 0.15) is 11.7 Å². The third-order valence-electron chi connectivity index (χ3n) is 2.02. The minimum absolute atomic E-state index is 0.0487. The lowest BCUT2D eigenvalue weighted by Gasteiger charge is -2.39. The predicted octanol–water partition coefficient (Wildman–Crippen LogP) is -0.610. The summed E-state index contributed by atoms with van der Waals surface area (Å²) in [7, 11) is -1.07. The molecular weight excluding hydrogens is 178 g/mol. The van der Waals surface area contributed by atoms with Gasteiger partial charge >= 0.3 is 0 Å². The Labute approximate surface area is 71.7 Å². The molecular formula is C7H7NO3S. The summed E-state index contributed by atoms with van der Waals surface area (Å²) >= 11 is 0. The minimum atomic E-state index is -1.07. The number of fused-ring (bicyclic) bond motifs is 1. The molecule has 0 aromatic heterocycles. The van der Waals surface area contributed by atoms with E-state index in [9.17, 15) is 13.8 Å². The smallest absolute Gasteiger partial charge is 0.230 e. The van der Waals surface area contributed by atoms with Crippen molar-refractivity contribution in [1.29, 1.82) is 0 Å². The first-order valence-corrected chi connectivity index (χ1v) is 4.95. The normalized spacial score (nSPS) is 33.5. The van der Waals surface area contributed by atoms with Crippen LogP contribution in [0.1, 0.15) is 6.42 Å². The number of β-lactam (4-membered cyclic amide) rings is 1. The summed E-state index contributed by atoms with van der Waals surface area (Å²) in [4.78, 5) is 22.6. The average Bonchev–Trinajstić information content (AvgIpc) is 2.06. The number of carbonyl (C=O) groups is 2. The summed E-state index contributed by atoms with van der Waals surface area (Å²) in [5, 5.41) is -0.166. The largest absolute Gasteiger partial charge is 0.303 e. The molecule has 1 unspecified atom stereocenters. The molecule has 4 nitrogen and oxygen atoms in total. The maximum absolute atomic E-state index is 11.3. The van der Waals surface area contributed by atoms with Gasteiger partial charge in [0.2, 0.25) is 5.91 Å². The van der Waals surface area contributed by atoms with Gasteiger partial charge < -0.3 is 4.90 Å². The summed E-state index contributed by atoms with van der Waals surface area (Å²) in [6, 6.07) is 0. The highest BCUT2D eigenvalue weighted by Gasteiger charge is 2.41. The second kappa shape index (κ2) is 2.52. The van der Waals surface area contributed by atoms with Crippen molar-refractivity contribution in [3.63, 3.8) is 0 Å². The van der Waals surface area contributed by atoms with Crippen molar-refractivity contribution in [1.82, 2.24) is 4.90 Å². The quantitative estimate of drug-likeness (QED) is 0.404. The van der Waals surface area contributed by atoms with Gasteiger partial charge in [0.15, 0.2) is 0 Å². The number of rotatable bonds is 1. The van der Waals surface area contributed by atoms with Gasteiger partial charge in [-0.25, -0.2) is 0 Å². The molecule has 2 rings (SSSR count). The van der Waals surface area contributed by atoms with E-state index in [1.54, 1.807) is 0 Å². The van der Waals surface area contributed by atoms with Crippen molar-refractivity contribution >= 4 is 23.0 Å². The number of nitrogens with zero attached hydrogens (tertiary/aromatic N) is 1. The Bertz CT molecular complexity index is 310. The molecule has 1 amide bonds. The number of hydrogen-bond acceptors (Lipinski definition) is 3. The molecule has 2 atom stereocenters. The topological polar surface area (TPSA) is 54.5 Å². The molecule has 2 aliphatic heterocycles. The highest BCUT2D eigenvalue weighted by molar-refractivity contribution is 7.86. The third kappa shape index (κ3) is 0.929. The summed E-state index contributed by atoms with van der Waals surface area (Å²) in [6.45, 7) is 0. The standard InChI is InChI=1S/C7H7NO3S/c9-3-5-2-8-6(10)1-7(8)12(11)4-5/h2-3,7H,1,4H2/t7-,12?/m0/s1. The van der Waals surface area contributed by atoms with Crippen molar-refractivity contribution in [2.24, 2.45) is 0 Å². The van der Waals surface area contributed by atoms with Crippen LogP contribution in [-0.4, -0.2) is 32.4 Å². The zero-order valence-corrected chi connectivity index (χ0v) is 7.04. The fourth-order valence-corrected chi connectivity index (χ4v) is 2.74. The van der Waals surface area contributed by atoms with Gasteiger partial charge in [-0.15, -0.1) is 0 Å². The second-order valence-electron chi connectivity index (χ2n) is 2.81. The van der Waals surface area contributed by atoms with Crippen molar-refractivity contribution in [2.45, 2.75) is 11.8 Å². The van der Waals surface area contributed by atoms with E-state index in [0.717, 1.165) is 0 Å². The SMILES string of the molecule is O=CC1=CN2C(=O)C[C@@H]2S(=O)C1. The maximum Gasteiger partial charge on any atom is 0.230 e. The van der Waals surface area contributed by atoms with E-state index in [1.165, 1.54) is 11.1 Å². The average molecular weight is 185 g/mol. The number of aldehydes is 1. The summed E-state index contributed by atoms with van der Waals surface area (Å²) in [5.41, 5.74) is 0.442. The molecule has 64 valence electrons. The van der Waals surface area contributed by atoms with Crippen molar-refractivity contribution < 1.29 is 13.8 Å². The van der Waals surface area contributed by atoms with E-state index in [4.69, 9.17) is 0 Å². The predicted molar refractivity (Wildman–Crippen MR) is 42.4 cm³/mol. The Morgan fingerprint density at radius 2 is 2.42 bits per heavy atom. The van der Waals surface area contributed by atoms with E-state index in [2.05, 4.69) is 0 Å². The molecule has 1 fully saturated rings. The zero-order chi connectivity index (χ0) is 8.72. The van der Waals surface area contributed by atoms with Crippen LogP contribution < -0.4 is 0 Å². The fraction of sp³-hybridized carbons (Fsp3) is 0.429. The molecule has 0 aromatic rings. The van der Waals surface area contributed by atoms with E-state index in [1.807, 2.05) is 0 Å². The summed E-state index contributed by atoms with van der Waals surface area (Å²) in [6.07, 6.45) is 2.51. The Balaban J connectivity index is 2.29. The first kappa shape index (κ1) is 7.67. The Morgan fingerprint density at radius 3 is 3.00 bits per heavy atom. The van der Waals surface area contributed by atoms with Gasteiger partial charge in [0, 0.05) is 22.6 Å². The third-order valence-corrected chi connectivity index (χ3v) is 3.63. The molecule has 0 spiro atoms. The van der Waals surface area contributed by atoms with Crippen LogP contribution in [-0.2, 0) is 20.4 Å². The lowest BCUT2D eigenvalue weighted by atomic mass is 10.2. The number of carbonyl (C=O) groups excluding carboxylic acids is 2. The lowest BCUT2D eigenvalue weighted by molar-refractivity contribution is -0.137. The van der Waals surface area contributed by atoms with E-state index in [0.29, 0.717) is 18.3 Å². The van der Waals surface area contributed by atoms with E-state index < -0.39 is 10.8 Å². The van der Waals surface area contributed by atoms with Crippen molar-refractivity contribution in [3.05, 3.63) is 11.8 Å². The highest BCUT2D eigenvalue weighted by atomic mass is 32.2. The van der Waals surface area contributed by atoms with Gasteiger partial charge in [-0.3, -0.25) is 13.8 Å². The van der Waals surface area contributed by atoms with E-state index in [-0.39, 0.29) is 17.0 Å². The summed E-state index contributed by atoms with van der Waals surface area (Å²) < 4.78 is 11.3. The van der Waals surface area contributed by atoms with Crippen LogP contribution >= 0.6 is 0 Å². The molecule has 0 bridgehead atoms. The Morgan fingerprint density at radius 1 is 1.67 bits per heavy atom. The molecule has 5 heteroatoms. The number of hydrogen-bond donors (Lipinski definition) is 0. The molecule has 12 heavy (non-hydrogen) atoms. The maximum atomic E-state index is 11.3. The van der Waals surface area contributed by atoms with Gasteiger partial charge in [-0.2, -0.15) is 0 Å². The highest BCUT2D eigenvalue weighted by Crippen LogP contribution is 2.27. The molecule has 0 aromatic carbocycles. The molecule has 0 N–H and O–H groups in total. The van der Waals surface area contributed by atoms with Gasteiger partial charge in [0.05, 0.1) is 12.2 Å². The van der Waals surface area contributed by atoms with Gasteiger partial charge in [-0.1, -0.05) is 0 Å². The van der Waals surface area contributed by atoms with Gasteiger partial charge in [0.25, 0.3) is 0 Å². The zero-order valence-electron chi connectivity index (χ0n) is 6.23. The first-order chi connectivity index (χ1) is 5.72. The van der Waals surface area contributed by atoms with Gasteiger partial charge in [-0.05, 0) is 0 Å². The van der Waals surface area contributed by atoms with Crippen LogP contribution in [0, 0.1) is 0 Å². The van der Waals surface area contributed by atoms with Crippen LogP contribution in [0.3, 0.4) is 0 Å². The lowest BCUT2D eigenvalue weighted by Crippen LogP contribution is -2.54. The van der Waals surface area contributed by atoms with Crippen LogP contribution in [0.15, 0.2) is 11.8 Å². The molecule has 1 saturated heterocycles. The molecule has 2 aliphatic rings. The number of amides is 1. The van der Waals surface area contributed by atoms with Crippen LogP contribution in [0.4, 0.5) is 0 Å². The summed E-state index contributed by atoms with van der Waals surface area (Å²) in [5.74, 6) is 0.241. The monoisotopic (exact) mass is 185 g/mol. The van der Waals surface area contributed by atoms with Crippen LogP contribution in [0.5, 0.6) is 0 Å². The Kier molecular flexibility index (Phi) is 1.61. The fourth-order valence-electron chi connectivity index (χ4n) is 1.32. The van der Waals surface area contributed by atoms with Crippen LogP contribution in [0.25, 0.3) is 0 Å². The first-order valence-electron chi connectivity index (χ1n) is 3.56. The minimum Gasteiger partial charge on any atom is -0.303 e. The van der Waals surface area contributed by atoms with Crippen molar-refractivity contribution in [2.75, 3.05) is 5.75 Å². The molecule has 2 heterocycles. The van der Waals surface area contributed by atoms with Crippen molar-refractivity contribution in [3.8, 4) is 0 Å².